The molecule has 0 radical (unpaired) electrons. The van der Waals surface area contributed by atoms with E-state index in [1.54, 1.807) is 6.07 Å². The summed E-state index contributed by atoms with van der Waals surface area (Å²) in [5.74, 6) is 0. The molecule has 0 amide bonds. The molecule has 0 aliphatic carbocycles. The van der Waals surface area contributed by atoms with Gasteiger partial charge >= 0.3 is 37.7 Å². The van der Waals surface area contributed by atoms with Gasteiger partial charge in [-0.15, -0.1) is 0 Å². The van der Waals surface area contributed by atoms with E-state index in [0.717, 1.165) is 0 Å². The third-order valence-corrected chi connectivity index (χ3v) is 0.144. The zero-order chi connectivity index (χ0) is 2.12. The first kappa shape index (κ1) is 9.26. The van der Waals surface area contributed by atoms with E-state index in [1.807, 2.05) is 0 Å². The first-order valence-electron chi connectivity index (χ1n) is 0.827. The number of hydrogen-bond acceptors (Lipinski definition) is 0. The SMILES string of the molecule is [Li+].[Li+].[c-]1[c-][cH+]1. The van der Waals surface area contributed by atoms with Crippen molar-refractivity contribution in [2.24, 2.45) is 0 Å². The van der Waals surface area contributed by atoms with Crippen LogP contribution in [0, 0.1) is 12.1 Å². The quantitative estimate of drug-likeness (QED) is 0.203. The summed E-state index contributed by atoms with van der Waals surface area (Å²) in [4.78, 5) is 0. The van der Waals surface area contributed by atoms with E-state index in [1.165, 1.54) is 0 Å². The van der Waals surface area contributed by atoms with E-state index in [4.69, 9.17) is 0 Å². The van der Waals surface area contributed by atoms with Gasteiger partial charge in [0, 0.05) is 0 Å². The Bertz CT molecular complexity index is 33.0. The maximum atomic E-state index is 2.62. The van der Waals surface area contributed by atoms with Gasteiger partial charge in [0.1, 0.15) is 0 Å². The Hall–Kier alpha value is 0.805. The smallest absolute Gasteiger partial charge is 0.326 e. The zero-order valence-electron chi connectivity index (χ0n) is 3.58. The summed E-state index contributed by atoms with van der Waals surface area (Å²) in [7, 11) is 0. The molecular formula is C3HLi2+. The van der Waals surface area contributed by atoms with Gasteiger partial charge in [0.05, 0.1) is 0 Å². The fraction of sp³-hybridized carbons (Fsp3) is 0. The van der Waals surface area contributed by atoms with Crippen molar-refractivity contribution in [2.45, 2.75) is 0 Å². The van der Waals surface area contributed by atoms with Gasteiger partial charge in [0.15, 0.2) is 0 Å². The second-order valence-electron chi connectivity index (χ2n) is 0.433. The van der Waals surface area contributed by atoms with Gasteiger partial charge in [-0.1, -0.05) is 0 Å². The summed E-state index contributed by atoms with van der Waals surface area (Å²) < 4.78 is 0. The van der Waals surface area contributed by atoms with E-state index in [9.17, 15) is 0 Å². The third-order valence-electron chi connectivity index (χ3n) is 0.144. The molecule has 0 nitrogen and oxygen atoms in total. The van der Waals surface area contributed by atoms with Crippen LogP contribution in [0.2, 0.25) is 0 Å². The van der Waals surface area contributed by atoms with Crippen LogP contribution in [-0.2, 0) is 0 Å². The van der Waals surface area contributed by atoms with Gasteiger partial charge in [-0.25, -0.2) is 0 Å². The van der Waals surface area contributed by atoms with Gasteiger partial charge in [0.2, 0.25) is 0 Å². The summed E-state index contributed by atoms with van der Waals surface area (Å²) in [5.41, 5.74) is 0. The molecule has 0 bridgehead atoms. The molecule has 0 unspecified atom stereocenters. The molecule has 0 saturated carbocycles. The minimum absolute atomic E-state index is 0. The molecule has 0 aliphatic rings. The van der Waals surface area contributed by atoms with Crippen LogP contribution in [0.1, 0.15) is 0 Å². The number of hydrogen-bond donors (Lipinski definition) is 0. The molecule has 0 heterocycles. The van der Waals surface area contributed by atoms with E-state index >= 15 is 0 Å². The summed E-state index contributed by atoms with van der Waals surface area (Å²) in [6.45, 7) is 0. The predicted molar refractivity (Wildman–Crippen MR) is 10.9 cm³/mol. The second kappa shape index (κ2) is 4.80. The third kappa shape index (κ3) is 11.6. The fourth-order valence-electron chi connectivity index (χ4n) is 0. The van der Waals surface area contributed by atoms with Crippen LogP contribution in [0.4, 0.5) is 0 Å². The standard InChI is InChI=1S/C3H.2Li/c1-2-3-1;;/h1H;;/q-1;2*+1. The normalized spacial score (nSPS) is 4.80. The van der Waals surface area contributed by atoms with Crippen molar-refractivity contribution in [1.29, 1.82) is 0 Å². The molecule has 14 valence electrons. The molecule has 0 fully saturated rings. The molecule has 1 aromatic rings. The maximum absolute atomic E-state index is 2.62. The average molecular weight is 50.9 g/mol. The molecule has 0 spiro atoms. The van der Waals surface area contributed by atoms with Gasteiger partial charge in [0.25, 0.3) is 0 Å². The van der Waals surface area contributed by atoms with Crippen LogP contribution >= 0.6 is 0 Å². The fourth-order valence-corrected chi connectivity index (χ4v) is 0. The molecule has 1 rings (SSSR count). The van der Waals surface area contributed by atoms with Crippen LogP contribution in [0.15, 0.2) is 6.07 Å². The van der Waals surface area contributed by atoms with Crippen molar-refractivity contribution < 1.29 is 37.7 Å². The molecular weight excluding hydrogens is 49.9 g/mol. The Labute approximate surface area is 56.0 Å². The predicted octanol–water partition coefficient (Wildman–Crippen LogP) is -5.55. The van der Waals surface area contributed by atoms with Crippen molar-refractivity contribution in [2.75, 3.05) is 0 Å². The molecule has 0 saturated heterocycles. The van der Waals surface area contributed by atoms with Crippen LogP contribution in [0.5, 0.6) is 0 Å². The molecule has 0 atom stereocenters. The van der Waals surface area contributed by atoms with Crippen molar-refractivity contribution >= 4 is 0 Å². The van der Waals surface area contributed by atoms with E-state index < -0.39 is 0 Å². The van der Waals surface area contributed by atoms with Gasteiger partial charge < -0.3 is 12.1 Å². The van der Waals surface area contributed by atoms with Crippen molar-refractivity contribution in [3.05, 3.63) is 18.2 Å². The molecule has 0 aliphatic heterocycles. The molecule has 1 aromatic carbocycles. The van der Waals surface area contributed by atoms with Gasteiger partial charge in [-0.05, 0) is 0 Å². The van der Waals surface area contributed by atoms with Gasteiger partial charge in [-0.2, -0.15) is 0 Å². The summed E-state index contributed by atoms with van der Waals surface area (Å²) >= 11 is 0. The zero-order valence-corrected chi connectivity index (χ0v) is 3.58. The Morgan fingerprint density at radius 1 is 1.00 bits per heavy atom. The minimum atomic E-state index is 0. The van der Waals surface area contributed by atoms with Crippen molar-refractivity contribution in [1.82, 2.24) is 0 Å². The van der Waals surface area contributed by atoms with E-state index in [-0.39, 0.29) is 37.7 Å². The van der Waals surface area contributed by atoms with E-state index in [2.05, 4.69) is 12.1 Å². The summed E-state index contributed by atoms with van der Waals surface area (Å²) in [6, 6.07) is 7.00. The number of rotatable bonds is 0. The van der Waals surface area contributed by atoms with Crippen LogP contribution < -0.4 is 37.7 Å². The summed E-state index contributed by atoms with van der Waals surface area (Å²) in [6.07, 6.45) is 0. The van der Waals surface area contributed by atoms with Crippen molar-refractivity contribution in [3.8, 4) is 0 Å². The largest absolute Gasteiger partial charge is 1.00 e. The molecule has 0 aromatic heterocycles. The van der Waals surface area contributed by atoms with Crippen LogP contribution in [-0.4, -0.2) is 0 Å². The Morgan fingerprint density at radius 3 is 1.20 bits per heavy atom. The van der Waals surface area contributed by atoms with E-state index in [0.29, 0.717) is 0 Å². The summed E-state index contributed by atoms with van der Waals surface area (Å²) in [5, 5.41) is 0. The topological polar surface area (TPSA) is 0 Å². The van der Waals surface area contributed by atoms with Crippen LogP contribution in [0.25, 0.3) is 0 Å². The first-order valence-corrected chi connectivity index (χ1v) is 0.827. The van der Waals surface area contributed by atoms with Gasteiger partial charge in [-0.3, -0.25) is 6.07 Å². The second-order valence-corrected chi connectivity index (χ2v) is 0.433. The molecule has 0 N–H and O–H groups in total. The molecule has 5 heavy (non-hydrogen) atoms. The molecule has 2 heteroatoms. The first-order chi connectivity index (χ1) is 1.50. The minimum Gasteiger partial charge on any atom is -0.326 e. The Morgan fingerprint density at radius 2 is 1.20 bits per heavy atom. The van der Waals surface area contributed by atoms with Crippen LogP contribution in [0.3, 0.4) is 0 Å². The van der Waals surface area contributed by atoms with Crippen molar-refractivity contribution in [3.63, 3.8) is 0 Å². The maximum Gasteiger partial charge on any atom is 1.00 e. The monoisotopic (exact) mass is 51.0 g/mol. The average Bonchev–Trinajstić information content (AvgIpc) is 1.46. The Balaban J connectivity index is 0. The Kier molecular flexibility index (Phi) is 8.90.